The van der Waals surface area contributed by atoms with Crippen molar-refractivity contribution in [3.05, 3.63) is 72.4 Å². The molecule has 0 bridgehead atoms. The molecule has 0 N–H and O–H groups in total. The quantitative estimate of drug-likeness (QED) is 0.534. The van der Waals surface area contributed by atoms with Crippen LogP contribution in [0.25, 0.3) is 0 Å². The number of benzene rings is 1. The van der Waals surface area contributed by atoms with Gasteiger partial charge in [0.05, 0.1) is 0 Å². The second-order valence-electron chi connectivity index (χ2n) is 3.84. The molecule has 0 amide bonds. The second-order valence-corrected chi connectivity index (χ2v) is 3.84. The lowest BCUT2D eigenvalue weighted by atomic mass is 10.0. The van der Waals surface area contributed by atoms with Crippen LogP contribution in [0.15, 0.2) is 61.2 Å². The average molecular weight is 226 g/mol. The van der Waals surface area contributed by atoms with Gasteiger partial charge in [-0.15, -0.1) is 0 Å². The smallest absolute Gasteiger partial charge is 0.167 e. The first-order valence-corrected chi connectivity index (χ1v) is 5.77. The fourth-order valence-corrected chi connectivity index (χ4v) is 1.65. The highest BCUT2D eigenvalue weighted by Gasteiger charge is 2.06. The number of aryl methyl sites for hydroxylation is 1. The highest BCUT2D eigenvalue weighted by atomic mass is 16.1. The molecule has 0 saturated heterocycles. The van der Waals surface area contributed by atoms with Crippen molar-refractivity contribution in [1.29, 1.82) is 0 Å². The minimum Gasteiger partial charge on any atom is -0.294 e. The van der Waals surface area contributed by atoms with Gasteiger partial charge in [-0.2, -0.15) is 0 Å². The maximum Gasteiger partial charge on any atom is 0.167 e. The molecule has 1 nitrogen and oxygen atoms in total. The Bertz CT molecular complexity index is 452. The van der Waals surface area contributed by atoms with Gasteiger partial charge in [0, 0.05) is 12.0 Å². The molecule has 0 radical (unpaired) electrons. The van der Waals surface area contributed by atoms with E-state index in [1.54, 1.807) is 18.2 Å². The third-order valence-corrected chi connectivity index (χ3v) is 2.60. The molecule has 1 rings (SSSR count). The fourth-order valence-electron chi connectivity index (χ4n) is 1.65. The highest BCUT2D eigenvalue weighted by molar-refractivity contribution is 5.99. The maximum absolute atomic E-state index is 11.9. The summed E-state index contributed by atoms with van der Waals surface area (Å²) in [5.41, 5.74) is 2.91. The van der Waals surface area contributed by atoms with Crippen LogP contribution in [0.5, 0.6) is 0 Å². The molecule has 1 aromatic rings. The zero-order valence-corrected chi connectivity index (χ0v) is 10.3. The normalized spacial score (nSPS) is 11.0. The van der Waals surface area contributed by atoms with Crippen LogP contribution in [0.1, 0.15) is 18.1 Å². The van der Waals surface area contributed by atoms with E-state index >= 15 is 0 Å². The molecule has 88 valence electrons. The van der Waals surface area contributed by atoms with E-state index < -0.39 is 0 Å². The van der Waals surface area contributed by atoms with Crippen molar-refractivity contribution in [2.24, 2.45) is 0 Å². The molecule has 0 aliphatic carbocycles. The Kier molecular flexibility index (Phi) is 5.15. The van der Waals surface area contributed by atoms with E-state index in [0.29, 0.717) is 12.0 Å². The van der Waals surface area contributed by atoms with Crippen molar-refractivity contribution in [1.82, 2.24) is 0 Å². The summed E-state index contributed by atoms with van der Waals surface area (Å²) in [4.78, 5) is 11.9. The lowest BCUT2D eigenvalue weighted by Gasteiger charge is -2.04. The first-order valence-electron chi connectivity index (χ1n) is 5.77. The Balaban J connectivity index is 2.83. The van der Waals surface area contributed by atoms with Gasteiger partial charge in [0.15, 0.2) is 5.78 Å². The summed E-state index contributed by atoms with van der Waals surface area (Å²) in [6.07, 6.45) is 6.28. The average Bonchev–Trinajstić information content (AvgIpc) is 2.36. The zero-order chi connectivity index (χ0) is 12.7. The van der Waals surface area contributed by atoms with E-state index in [1.807, 2.05) is 12.1 Å². The lowest BCUT2D eigenvalue weighted by Crippen LogP contribution is -2.05. The Morgan fingerprint density at radius 2 is 2.00 bits per heavy atom. The second kappa shape index (κ2) is 6.64. The summed E-state index contributed by atoms with van der Waals surface area (Å²) in [6, 6.07) is 8.12. The molecule has 17 heavy (non-hydrogen) atoms. The molecular formula is C16H18O. The summed E-state index contributed by atoms with van der Waals surface area (Å²) < 4.78 is 0. The number of carbonyl (C=O) groups excluding carboxylic acids is 1. The van der Waals surface area contributed by atoms with Gasteiger partial charge in [-0.3, -0.25) is 4.79 Å². The number of allylic oxidation sites excluding steroid dienone is 4. The van der Waals surface area contributed by atoms with Crippen LogP contribution in [0.2, 0.25) is 0 Å². The molecule has 0 aliphatic heterocycles. The van der Waals surface area contributed by atoms with Crippen LogP contribution >= 0.6 is 0 Å². The van der Waals surface area contributed by atoms with Gasteiger partial charge in [0.2, 0.25) is 0 Å². The van der Waals surface area contributed by atoms with Gasteiger partial charge < -0.3 is 0 Å². The van der Waals surface area contributed by atoms with Crippen molar-refractivity contribution in [2.75, 3.05) is 0 Å². The van der Waals surface area contributed by atoms with Crippen molar-refractivity contribution in [3.63, 3.8) is 0 Å². The van der Waals surface area contributed by atoms with E-state index in [9.17, 15) is 4.79 Å². The number of Topliss-reactive ketones (excluding diaryl/α,β-unsaturated/α-hetero) is 1. The Labute approximate surface area is 103 Å². The van der Waals surface area contributed by atoms with Crippen LogP contribution in [-0.2, 0) is 17.6 Å². The van der Waals surface area contributed by atoms with Crippen LogP contribution in [0.4, 0.5) is 0 Å². The summed E-state index contributed by atoms with van der Waals surface area (Å²) in [5, 5.41) is 0. The molecule has 0 aromatic heterocycles. The lowest BCUT2D eigenvalue weighted by molar-refractivity contribution is -0.114. The number of carbonyl (C=O) groups is 1. The molecular weight excluding hydrogens is 208 g/mol. The first kappa shape index (κ1) is 13.2. The number of rotatable bonds is 6. The van der Waals surface area contributed by atoms with Crippen LogP contribution in [0, 0.1) is 0 Å². The van der Waals surface area contributed by atoms with E-state index in [2.05, 4.69) is 32.2 Å². The van der Waals surface area contributed by atoms with Crippen LogP contribution in [0.3, 0.4) is 0 Å². The zero-order valence-electron chi connectivity index (χ0n) is 10.3. The Hall–Kier alpha value is -1.89. The van der Waals surface area contributed by atoms with E-state index in [4.69, 9.17) is 0 Å². The van der Waals surface area contributed by atoms with Crippen molar-refractivity contribution in [3.8, 4) is 0 Å². The van der Waals surface area contributed by atoms with Gasteiger partial charge >= 0.3 is 0 Å². The number of hydrogen-bond donors (Lipinski definition) is 0. The third kappa shape index (κ3) is 3.87. The topological polar surface area (TPSA) is 17.1 Å². The third-order valence-electron chi connectivity index (χ3n) is 2.60. The summed E-state index contributed by atoms with van der Waals surface area (Å²) in [7, 11) is 0. The van der Waals surface area contributed by atoms with E-state index in [0.717, 1.165) is 12.0 Å². The van der Waals surface area contributed by atoms with Gasteiger partial charge in [-0.25, -0.2) is 0 Å². The van der Waals surface area contributed by atoms with E-state index in [1.165, 1.54) is 5.56 Å². The monoisotopic (exact) mass is 226 g/mol. The summed E-state index contributed by atoms with van der Waals surface area (Å²) in [6.45, 7) is 9.33. The molecule has 0 saturated carbocycles. The number of ketones is 1. The predicted molar refractivity (Wildman–Crippen MR) is 73.0 cm³/mol. The molecule has 0 atom stereocenters. The van der Waals surface area contributed by atoms with E-state index in [-0.39, 0.29) is 5.78 Å². The summed E-state index contributed by atoms with van der Waals surface area (Å²) in [5.74, 6) is 0.0770. The van der Waals surface area contributed by atoms with Crippen molar-refractivity contribution in [2.45, 2.75) is 19.8 Å². The van der Waals surface area contributed by atoms with Gasteiger partial charge in [0.25, 0.3) is 0 Å². The Morgan fingerprint density at radius 1 is 1.29 bits per heavy atom. The SMILES string of the molecule is C=C/C=C(\C=C)C(=O)Cc1cccc(CC)c1. The van der Waals surface area contributed by atoms with Crippen LogP contribution in [-0.4, -0.2) is 5.78 Å². The van der Waals surface area contributed by atoms with Crippen molar-refractivity contribution < 1.29 is 4.79 Å². The minimum atomic E-state index is 0.0770. The molecule has 0 heterocycles. The largest absolute Gasteiger partial charge is 0.294 e. The molecule has 0 unspecified atom stereocenters. The van der Waals surface area contributed by atoms with Gasteiger partial charge in [-0.1, -0.05) is 62.6 Å². The van der Waals surface area contributed by atoms with Gasteiger partial charge in [0.1, 0.15) is 0 Å². The summed E-state index contributed by atoms with van der Waals surface area (Å²) >= 11 is 0. The molecule has 0 spiro atoms. The van der Waals surface area contributed by atoms with Crippen LogP contribution < -0.4 is 0 Å². The molecule has 1 aromatic carbocycles. The standard InChI is InChI=1S/C16H18O/c1-4-8-15(6-3)16(17)12-14-10-7-9-13(5-2)11-14/h4,6-11H,1,3,5,12H2,2H3/b15-8+. The Morgan fingerprint density at radius 3 is 2.59 bits per heavy atom. The van der Waals surface area contributed by atoms with Gasteiger partial charge in [-0.05, 0) is 17.5 Å². The maximum atomic E-state index is 11.9. The first-order chi connectivity index (χ1) is 8.21. The predicted octanol–water partition coefficient (Wildman–Crippen LogP) is 3.66. The highest BCUT2D eigenvalue weighted by Crippen LogP contribution is 2.10. The minimum absolute atomic E-state index is 0.0770. The molecule has 0 fully saturated rings. The fraction of sp³-hybridized carbons (Fsp3) is 0.188. The van der Waals surface area contributed by atoms with Crippen molar-refractivity contribution >= 4 is 5.78 Å². The molecule has 0 aliphatic rings. The molecule has 1 heteroatoms. The number of hydrogen-bond acceptors (Lipinski definition) is 1.